The van der Waals surface area contributed by atoms with Crippen LogP contribution in [0.4, 0.5) is 4.79 Å². The van der Waals surface area contributed by atoms with Crippen molar-refractivity contribution in [3.63, 3.8) is 0 Å². The second kappa shape index (κ2) is 8.58. The smallest absolute Gasteiger partial charge is 0.314 e. The van der Waals surface area contributed by atoms with Crippen LogP contribution in [0.25, 0.3) is 0 Å². The molecule has 0 saturated heterocycles. The van der Waals surface area contributed by atoms with Crippen LogP contribution in [0.2, 0.25) is 0 Å². The zero-order chi connectivity index (χ0) is 15.0. The quantitative estimate of drug-likeness (QED) is 0.624. The summed E-state index contributed by atoms with van der Waals surface area (Å²) < 4.78 is 1.77. The van der Waals surface area contributed by atoms with Gasteiger partial charge in [-0.2, -0.15) is 5.10 Å². The number of nitrogens with zero attached hydrogens (tertiary/aromatic N) is 2. The third kappa shape index (κ3) is 7.13. The average molecular weight is 282 g/mol. The number of carbonyl (C=O) groups is 1. The van der Waals surface area contributed by atoms with E-state index in [1.807, 2.05) is 33.3 Å². The molecule has 1 aromatic rings. The minimum atomic E-state index is -0.476. The van der Waals surface area contributed by atoms with Gasteiger partial charge in [0.05, 0.1) is 12.3 Å². The Hall–Kier alpha value is -1.56. The van der Waals surface area contributed by atoms with Crippen LogP contribution in [0.15, 0.2) is 12.4 Å². The number of aliphatic hydroxyl groups is 1. The molecule has 0 aliphatic rings. The van der Waals surface area contributed by atoms with Crippen LogP contribution in [0.3, 0.4) is 0 Å². The van der Waals surface area contributed by atoms with Gasteiger partial charge in [0.25, 0.3) is 0 Å². The largest absolute Gasteiger partial charge is 0.391 e. The van der Waals surface area contributed by atoms with E-state index in [0.717, 1.165) is 12.8 Å². The Bertz CT molecular complexity index is 404. The molecule has 1 heterocycles. The van der Waals surface area contributed by atoms with Crippen LogP contribution in [-0.4, -0.2) is 40.1 Å². The first-order valence-corrected chi connectivity index (χ1v) is 7.14. The third-order valence-electron chi connectivity index (χ3n) is 2.93. The molecular weight excluding hydrogens is 256 g/mol. The summed E-state index contributed by atoms with van der Waals surface area (Å²) in [6, 6.07) is -0.223. The molecule has 0 aromatic carbocycles. The molecule has 1 unspecified atom stereocenters. The Morgan fingerprint density at radius 1 is 1.45 bits per heavy atom. The van der Waals surface area contributed by atoms with Crippen molar-refractivity contribution < 1.29 is 9.90 Å². The number of aromatic nitrogens is 2. The van der Waals surface area contributed by atoms with E-state index in [9.17, 15) is 9.90 Å². The minimum Gasteiger partial charge on any atom is -0.391 e. The number of urea groups is 1. The summed E-state index contributed by atoms with van der Waals surface area (Å²) >= 11 is 0. The standard InChI is InChI=1S/C14H26N4O2/c1-11(2)7-13(19)9-16-14(20)15-6-4-5-12-8-17-18(3)10-12/h8,10-11,13,19H,4-7,9H2,1-3H3,(H2,15,16,20). The molecule has 6 nitrogen and oxygen atoms in total. The van der Waals surface area contributed by atoms with Crippen molar-refractivity contribution >= 4 is 6.03 Å². The predicted molar refractivity (Wildman–Crippen MR) is 78.4 cm³/mol. The lowest BCUT2D eigenvalue weighted by Gasteiger charge is -2.14. The van der Waals surface area contributed by atoms with Crippen molar-refractivity contribution in [3.8, 4) is 0 Å². The van der Waals surface area contributed by atoms with E-state index in [1.165, 1.54) is 5.56 Å². The zero-order valence-corrected chi connectivity index (χ0v) is 12.6. The highest BCUT2D eigenvalue weighted by Crippen LogP contribution is 2.03. The number of rotatable bonds is 8. The van der Waals surface area contributed by atoms with E-state index < -0.39 is 6.10 Å². The second-order valence-electron chi connectivity index (χ2n) is 5.55. The molecule has 0 bridgehead atoms. The van der Waals surface area contributed by atoms with Crippen LogP contribution >= 0.6 is 0 Å². The number of hydrogen-bond acceptors (Lipinski definition) is 3. The molecule has 0 spiro atoms. The topological polar surface area (TPSA) is 79.2 Å². The van der Waals surface area contributed by atoms with Crippen molar-refractivity contribution in [1.29, 1.82) is 0 Å². The van der Waals surface area contributed by atoms with Gasteiger partial charge in [-0.25, -0.2) is 4.79 Å². The fourth-order valence-corrected chi connectivity index (χ4v) is 2.00. The first-order valence-electron chi connectivity index (χ1n) is 7.14. The van der Waals surface area contributed by atoms with Crippen LogP contribution in [0, 0.1) is 5.92 Å². The highest BCUT2D eigenvalue weighted by Gasteiger charge is 2.08. The Morgan fingerprint density at radius 2 is 2.20 bits per heavy atom. The lowest BCUT2D eigenvalue weighted by Crippen LogP contribution is -2.40. The van der Waals surface area contributed by atoms with Crippen LogP contribution in [-0.2, 0) is 13.5 Å². The third-order valence-corrected chi connectivity index (χ3v) is 2.93. The summed E-state index contributed by atoms with van der Waals surface area (Å²) in [5.74, 6) is 0.425. The van der Waals surface area contributed by atoms with Gasteiger partial charge in [-0.05, 0) is 30.7 Å². The first-order chi connectivity index (χ1) is 9.47. The van der Waals surface area contributed by atoms with Gasteiger partial charge < -0.3 is 15.7 Å². The van der Waals surface area contributed by atoms with Gasteiger partial charge in [-0.15, -0.1) is 0 Å². The van der Waals surface area contributed by atoms with Gasteiger partial charge in [0.1, 0.15) is 0 Å². The summed E-state index contributed by atoms with van der Waals surface area (Å²) in [6.45, 7) is 5.00. The number of amides is 2. The average Bonchev–Trinajstić information content (AvgIpc) is 2.77. The van der Waals surface area contributed by atoms with Gasteiger partial charge in [0.2, 0.25) is 0 Å². The Kier molecular flexibility index (Phi) is 7.08. The van der Waals surface area contributed by atoms with Crippen LogP contribution < -0.4 is 10.6 Å². The van der Waals surface area contributed by atoms with E-state index in [2.05, 4.69) is 15.7 Å². The SMILES string of the molecule is CC(C)CC(O)CNC(=O)NCCCc1cnn(C)c1. The van der Waals surface area contributed by atoms with E-state index in [0.29, 0.717) is 25.4 Å². The lowest BCUT2D eigenvalue weighted by molar-refractivity contribution is 0.147. The molecule has 6 heteroatoms. The Balaban J connectivity index is 2.05. The number of aryl methyl sites for hydroxylation is 2. The number of carbonyl (C=O) groups excluding carboxylic acids is 1. The normalized spacial score (nSPS) is 12.4. The highest BCUT2D eigenvalue weighted by atomic mass is 16.3. The molecule has 0 radical (unpaired) electrons. The fraction of sp³-hybridized carbons (Fsp3) is 0.714. The molecule has 1 aromatic heterocycles. The number of aliphatic hydroxyl groups excluding tert-OH is 1. The molecule has 3 N–H and O–H groups in total. The maximum atomic E-state index is 11.5. The van der Waals surface area contributed by atoms with Crippen LogP contribution in [0.5, 0.6) is 0 Å². The van der Waals surface area contributed by atoms with Gasteiger partial charge in [-0.1, -0.05) is 13.8 Å². The van der Waals surface area contributed by atoms with E-state index in [1.54, 1.807) is 4.68 Å². The first kappa shape index (κ1) is 16.5. The summed E-state index contributed by atoms with van der Waals surface area (Å²) in [4.78, 5) is 11.5. The molecule has 0 fully saturated rings. The number of nitrogens with one attached hydrogen (secondary N) is 2. The predicted octanol–water partition coefficient (Wildman–Crippen LogP) is 1.06. The fourth-order valence-electron chi connectivity index (χ4n) is 2.00. The molecule has 2 amide bonds. The molecule has 1 rings (SSSR count). The maximum absolute atomic E-state index is 11.5. The molecule has 1 atom stereocenters. The molecule has 20 heavy (non-hydrogen) atoms. The summed E-state index contributed by atoms with van der Waals surface area (Å²) in [6.07, 6.45) is 5.79. The summed E-state index contributed by atoms with van der Waals surface area (Å²) in [5.41, 5.74) is 1.17. The zero-order valence-electron chi connectivity index (χ0n) is 12.6. The molecule has 0 aliphatic carbocycles. The van der Waals surface area contributed by atoms with Gasteiger partial charge in [-0.3, -0.25) is 4.68 Å². The van der Waals surface area contributed by atoms with E-state index >= 15 is 0 Å². The molecule has 114 valence electrons. The van der Waals surface area contributed by atoms with Crippen molar-refractivity contribution in [2.24, 2.45) is 13.0 Å². The lowest BCUT2D eigenvalue weighted by atomic mass is 10.1. The van der Waals surface area contributed by atoms with E-state index in [-0.39, 0.29) is 6.03 Å². The van der Waals surface area contributed by atoms with Gasteiger partial charge in [0.15, 0.2) is 0 Å². The van der Waals surface area contributed by atoms with Crippen molar-refractivity contribution in [1.82, 2.24) is 20.4 Å². The Labute approximate surface area is 120 Å². The van der Waals surface area contributed by atoms with E-state index in [4.69, 9.17) is 0 Å². The van der Waals surface area contributed by atoms with Crippen molar-refractivity contribution in [2.75, 3.05) is 13.1 Å². The van der Waals surface area contributed by atoms with Crippen molar-refractivity contribution in [3.05, 3.63) is 18.0 Å². The molecule has 0 saturated carbocycles. The molecule has 0 aliphatic heterocycles. The minimum absolute atomic E-state index is 0.223. The second-order valence-corrected chi connectivity index (χ2v) is 5.55. The molecular formula is C14H26N4O2. The summed E-state index contributed by atoms with van der Waals surface area (Å²) in [5, 5.41) is 19.2. The maximum Gasteiger partial charge on any atom is 0.314 e. The number of hydrogen-bond donors (Lipinski definition) is 3. The highest BCUT2D eigenvalue weighted by molar-refractivity contribution is 5.73. The van der Waals surface area contributed by atoms with Gasteiger partial charge >= 0.3 is 6.03 Å². The van der Waals surface area contributed by atoms with Crippen LogP contribution in [0.1, 0.15) is 32.3 Å². The Morgan fingerprint density at radius 3 is 2.80 bits per heavy atom. The summed E-state index contributed by atoms with van der Waals surface area (Å²) in [7, 11) is 1.89. The van der Waals surface area contributed by atoms with Gasteiger partial charge in [0, 0.05) is 26.3 Å². The van der Waals surface area contributed by atoms with Crippen molar-refractivity contribution in [2.45, 2.75) is 39.2 Å². The monoisotopic (exact) mass is 282 g/mol.